The number of ether oxygens (including phenoxy) is 1. The molecule has 8 nitrogen and oxygen atoms in total. The number of nitrogens with one attached hydrogen (secondary N) is 1. The molecule has 1 amide bonds. The van der Waals surface area contributed by atoms with Gasteiger partial charge >= 0.3 is 0 Å². The molecule has 3 N–H and O–H groups in total. The third-order valence-corrected chi connectivity index (χ3v) is 5.00. The van der Waals surface area contributed by atoms with E-state index in [2.05, 4.69) is 26.3 Å². The van der Waals surface area contributed by atoms with Gasteiger partial charge in [-0.15, -0.1) is 0 Å². The molecule has 1 aliphatic heterocycles. The van der Waals surface area contributed by atoms with E-state index in [0.29, 0.717) is 17.7 Å². The number of hydrogen-bond donors (Lipinski definition) is 2. The Kier molecular flexibility index (Phi) is 5.46. The van der Waals surface area contributed by atoms with Crippen LogP contribution in [0.15, 0.2) is 35.6 Å². The molecular weight excluding hydrogens is 375 g/mol. The lowest BCUT2D eigenvalue weighted by atomic mass is 9.75. The maximum Gasteiger partial charge on any atom is 0.275 e. The molecule has 3 rings (SSSR count). The highest BCUT2D eigenvalue weighted by molar-refractivity contribution is 6.02. The molecule has 0 saturated carbocycles. The average molecular weight is 396 g/mol. The van der Waals surface area contributed by atoms with Gasteiger partial charge in [-0.3, -0.25) is 9.79 Å². The molecule has 2 heterocycles. The number of amides is 1. The molecule has 1 aromatic carbocycles. The summed E-state index contributed by atoms with van der Waals surface area (Å²) in [4.78, 5) is 24.7. The Bertz CT molecular complexity index is 1000. The zero-order valence-corrected chi connectivity index (χ0v) is 16.3. The maximum atomic E-state index is 14.5. The van der Waals surface area contributed by atoms with E-state index in [1.807, 2.05) is 6.92 Å². The van der Waals surface area contributed by atoms with Crippen molar-refractivity contribution in [2.24, 2.45) is 22.1 Å². The van der Waals surface area contributed by atoms with Crippen molar-refractivity contribution in [1.29, 1.82) is 5.26 Å². The highest BCUT2D eigenvalue weighted by Crippen LogP contribution is 2.41. The molecule has 150 valence electrons. The first-order valence-corrected chi connectivity index (χ1v) is 8.99. The zero-order valence-electron chi connectivity index (χ0n) is 16.3. The van der Waals surface area contributed by atoms with Crippen LogP contribution < -0.4 is 15.8 Å². The van der Waals surface area contributed by atoms with Crippen LogP contribution in [-0.2, 0) is 0 Å². The molecule has 0 spiro atoms. The lowest BCUT2D eigenvalue weighted by Gasteiger charge is -2.34. The molecule has 0 saturated heterocycles. The number of nitriles is 1. The number of halogens is 1. The highest BCUT2D eigenvalue weighted by Gasteiger charge is 2.39. The standard InChI is InChI=1S/C20H21FN6O2/c1-11-7-20(2,10-22)19(23)27-17(11)13-6-12(4-5-14(13)21)26-18(28)15-8-25-16(29-3)9-24-15/h4-6,8-9,11,17H,7H2,1-3H3,(H2,23,27)(H,26,28)/t11?,17?,20-/m0/s1. The summed E-state index contributed by atoms with van der Waals surface area (Å²) in [5.74, 6) is -0.585. The number of nitrogens with zero attached hydrogens (tertiary/aromatic N) is 4. The van der Waals surface area contributed by atoms with Crippen molar-refractivity contribution in [3.05, 3.63) is 47.7 Å². The molecule has 0 bridgehead atoms. The van der Waals surface area contributed by atoms with Gasteiger partial charge in [0, 0.05) is 11.3 Å². The van der Waals surface area contributed by atoms with Gasteiger partial charge < -0.3 is 15.8 Å². The van der Waals surface area contributed by atoms with E-state index in [1.165, 1.54) is 37.7 Å². The van der Waals surface area contributed by atoms with E-state index in [-0.39, 0.29) is 23.3 Å². The Morgan fingerprint density at radius 2 is 2.17 bits per heavy atom. The Morgan fingerprint density at radius 1 is 1.41 bits per heavy atom. The van der Waals surface area contributed by atoms with Crippen LogP contribution in [0.5, 0.6) is 5.88 Å². The van der Waals surface area contributed by atoms with Gasteiger partial charge in [0.2, 0.25) is 5.88 Å². The van der Waals surface area contributed by atoms with E-state index in [9.17, 15) is 14.4 Å². The van der Waals surface area contributed by atoms with Gasteiger partial charge in [0.25, 0.3) is 5.91 Å². The van der Waals surface area contributed by atoms with Crippen LogP contribution in [0, 0.1) is 28.5 Å². The summed E-state index contributed by atoms with van der Waals surface area (Å²) in [5.41, 5.74) is 5.91. The minimum atomic E-state index is -0.870. The molecule has 1 aromatic heterocycles. The van der Waals surface area contributed by atoms with Crippen molar-refractivity contribution in [2.75, 3.05) is 12.4 Å². The number of methoxy groups -OCH3 is 1. The summed E-state index contributed by atoms with van der Waals surface area (Å²) in [7, 11) is 1.45. The number of aliphatic imine (C=N–C) groups is 1. The molecule has 0 fully saturated rings. The topological polar surface area (TPSA) is 126 Å². The monoisotopic (exact) mass is 396 g/mol. The molecule has 9 heteroatoms. The number of carbonyl (C=O) groups excluding carboxylic acids is 1. The van der Waals surface area contributed by atoms with Gasteiger partial charge in [-0.1, -0.05) is 6.92 Å². The van der Waals surface area contributed by atoms with Crippen molar-refractivity contribution in [3.8, 4) is 11.9 Å². The minimum absolute atomic E-state index is 0.0924. The predicted octanol–water partition coefficient (Wildman–Crippen LogP) is 2.84. The van der Waals surface area contributed by atoms with Crippen LogP contribution in [-0.4, -0.2) is 28.8 Å². The van der Waals surface area contributed by atoms with E-state index < -0.39 is 23.2 Å². The molecule has 2 aromatic rings. The summed E-state index contributed by atoms with van der Waals surface area (Å²) in [6.07, 6.45) is 3.08. The van der Waals surface area contributed by atoms with Crippen LogP contribution in [0.2, 0.25) is 0 Å². The number of nitrogens with two attached hydrogens (primary N) is 1. The molecule has 0 aliphatic carbocycles. The lowest BCUT2D eigenvalue weighted by Crippen LogP contribution is -2.40. The summed E-state index contributed by atoms with van der Waals surface area (Å²) >= 11 is 0. The van der Waals surface area contributed by atoms with Crippen molar-refractivity contribution < 1.29 is 13.9 Å². The lowest BCUT2D eigenvalue weighted by molar-refractivity contribution is 0.102. The van der Waals surface area contributed by atoms with Crippen LogP contribution >= 0.6 is 0 Å². The Balaban J connectivity index is 1.86. The molecule has 3 atom stereocenters. The van der Waals surface area contributed by atoms with Crippen molar-refractivity contribution in [3.63, 3.8) is 0 Å². The molecule has 1 aliphatic rings. The summed E-state index contributed by atoms with van der Waals surface area (Å²) in [5, 5.41) is 12.1. The molecular formula is C20H21FN6O2. The van der Waals surface area contributed by atoms with Gasteiger partial charge in [0.1, 0.15) is 22.8 Å². The number of hydrogen-bond acceptors (Lipinski definition) is 7. The normalized spacial score (nSPS) is 23.6. The fourth-order valence-electron chi connectivity index (χ4n) is 3.34. The Labute approximate surface area is 167 Å². The van der Waals surface area contributed by atoms with Gasteiger partial charge in [-0.05, 0) is 37.5 Å². The second-order valence-corrected chi connectivity index (χ2v) is 7.22. The number of amidine groups is 1. The quantitative estimate of drug-likeness (QED) is 0.818. The molecule has 2 unspecified atom stereocenters. The fourth-order valence-corrected chi connectivity index (χ4v) is 3.34. The predicted molar refractivity (Wildman–Crippen MR) is 105 cm³/mol. The van der Waals surface area contributed by atoms with Gasteiger partial charge in [-0.2, -0.15) is 5.26 Å². The van der Waals surface area contributed by atoms with Crippen LogP contribution in [0.25, 0.3) is 0 Å². The Hall–Kier alpha value is -3.54. The second kappa shape index (κ2) is 7.83. The zero-order chi connectivity index (χ0) is 21.2. The second-order valence-electron chi connectivity index (χ2n) is 7.22. The van der Waals surface area contributed by atoms with Crippen molar-refractivity contribution in [1.82, 2.24) is 9.97 Å². The first-order chi connectivity index (χ1) is 13.8. The largest absolute Gasteiger partial charge is 0.480 e. The van der Waals surface area contributed by atoms with Crippen LogP contribution in [0.1, 0.15) is 42.4 Å². The number of anilines is 1. The summed E-state index contributed by atoms with van der Waals surface area (Å²) in [6, 6.07) is 5.88. The van der Waals surface area contributed by atoms with Crippen LogP contribution in [0.3, 0.4) is 0 Å². The number of carbonyl (C=O) groups is 1. The smallest absolute Gasteiger partial charge is 0.275 e. The van der Waals surface area contributed by atoms with Crippen molar-refractivity contribution in [2.45, 2.75) is 26.3 Å². The number of rotatable bonds is 4. The Morgan fingerprint density at radius 3 is 2.79 bits per heavy atom. The van der Waals surface area contributed by atoms with Crippen LogP contribution in [0.4, 0.5) is 10.1 Å². The number of benzene rings is 1. The SMILES string of the molecule is COc1cnc(C(=O)Nc2ccc(F)c(C3N=C(N)[C@](C)(C#N)CC3C)c2)cn1. The average Bonchev–Trinajstić information content (AvgIpc) is 2.72. The summed E-state index contributed by atoms with van der Waals surface area (Å²) in [6.45, 7) is 3.62. The minimum Gasteiger partial charge on any atom is -0.480 e. The van der Waals surface area contributed by atoms with E-state index in [1.54, 1.807) is 6.92 Å². The van der Waals surface area contributed by atoms with E-state index >= 15 is 0 Å². The van der Waals surface area contributed by atoms with Crippen molar-refractivity contribution >= 4 is 17.4 Å². The van der Waals surface area contributed by atoms with E-state index in [4.69, 9.17) is 10.5 Å². The third kappa shape index (κ3) is 4.01. The first-order valence-electron chi connectivity index (χ1n) is 8.99. The van der Waals surface area contributed by atoms with Gasteiger partial charge in [-0.25, -0.2) is 14.4 Å². The number of aromatic nitrogens is 2. The van der Waals surface area contributed by atoms with E-state index in [0.717, 1.165) is 0 Å². The van der Waals surface area contributed by atoms with Gasteiger partial charge in [0.05, 0.1) is 31.6 Å². The summed E-state index contributed by atoms with van der Waals surface area (Å²) < 4.78 is 19.5. The molecule has 0 radical (unpaired) electrons. The first kappa shape index (κ1) is 20.2. The maximum absolute atomic E-state index is 14.5. The fraction of sp³-hybridized carbons (Fsp3) is 0.350. The highest BCUT2D eigenvalue weighted by atomic mass is 19.1. The molecule has 29 heavy (non-hydrogen) atoms. The third-order valence-electron chi connectivity index (χ3n) is 5.00. The van der Waals surface area contributed by atoms with Gasteiger partial charge in [0.15, 0.2) is 0 Å².